The zero-order valence-corrected chi connectivity index (χ0v) is 10.6. The van der Waals surface area contributed by atoms with Gasteiger partial charge in [-0.1, -0.05) is 38.5 Å². The molecule has 0 rings (SSSR count). The number of hydrogen-bond acceptors (Lipinski definition) is 3. The van der Waals surface area contributed by atoms with Gasteiger partial charge in [-0.05, 0) is 13.3 Å². The van der Waals surface area contributed by atoms with Crippen molar-refractivity contribution in [3.63, 3.8) is 0 Å². The number of nitrogens with two attached hydrogens (primary N) is 1. The van der Waals surface area contributed by atoms with Crippen LogP contribution in [0.3, 0.4) is 0 Å². The van der Waals surface area contributed by atoms with Gasteiger partial charge in [-0.2, -0.15) is 0 Å². The summed E-state index contributed by atoms with van der Waals surface area (Å²) in [6.07, 6.45) is 9.14. The first kappa shape index (κ1) is 14.5. The van der Waals surface area contributed by atoms with E-state index >= 15 is 0 Å². The Labute approximate surface area is 98.8 Å². The quantitative estimate of drug-likeness (QED) is 0.394. The van der Waals surface area contributed by atoms with Gasteiger partial charge in [0.05, 0.1) is 0 Å². The molecule has 0 spiro atoms. The Morgan fingerprint density at radius 1 is 1.50 bits per heavy atom. The van der Waals surface area contributed by atoms with Crippen molar-refractivity contribution >= 4 is 5.71 Å². The van der Waals surface area contributed by atoms with Gasteiger partial charge in [0.25, 0.3) is 0 Å². The fourth-order valence-electron chi connectivity index (χ4n) is 1.27. The van der Waals surface area contributed by atoms with E-state index in [1.807, 2.05) is 13.0 Å². The zero-order valence-electron chi connectivity index (χ0n) is 10.6. The Hall–Kier alpha value is -1.51. The number of aliphatic imine (C=N–C) groups is 1. The summed E-state index contributed by atoms with van der Waals surface area (Å²) in [4.78, 5) is 4.14. The molecule has 0 unspecified atom stereocenters. The third-order valence-corrected chi connectivity index (χ3v) is 2.24. The van der Waals surface area contributed by atoms with Crippen LogP contribution in [-0.4, -0.2) is 12.8 Å². The lowest BCUT2D eigenvalue weighted by molar-refractivity contribution is 0.814. The van der Waals surface area contributed by atoms with Gasteiger partial charge in [0.15, 0.2) is 0 Å². The van der Waals surface area contributed by atoms with Gasteiger partial charge >= 0.3 is 0 Å². The van der Waals surface area contributed by atoms with Crippen molar-refractivity contribution in [1.29, 1.82) is 0 Å². The van der Waals surface area contributed by atoms with E-state index in [1.165, 1.54) is 19.0 Å². The maximum atomic E-state index is 5.87. The molecule has 0 saturated carbocycles. The molecular formula is C13H23N3. The molecule has 90 valence electrons. The first-order chi connectivity index (χ1) is 7.67. The highest BCUT2D eigenvalue weighted by Gasteiger charge is 2.01. The first-order valence-corrected chi connectivity index (χ1v) is 5.67. The van der Waals surface area contributed by atoms with Crippen LogP contribution in [0.5, 0.6) is 0 Å². The van der Waals surface area contributed by atoms with Crippen molar-refractivity contribution in [2.24, 2.45) is 10.7 Å². The molecule has 0 aromatic rings. The van der Waals surface area contributed by atoms with E-state index in [2.05, 4.69) is 29.9 Å². The second kappa shape index (κ2) is 8.77. The molecule has 0 atom stereocenters. The minimum atomic E-state index is 0.635. The summed E-state index contributed by atoms with van der Waals surface area (Å²) in [7, 11) is 1.80. The number of hydrogen-bond donors (Lipinski definition) is 2. The Kier molecular flexibility index (Phi) is 7.94. The summed E-state index contributed by atoms with van der Waals surface area (Å²) in [6, 6.07) is 0. The summed E-state index contributed by atoms with van der Waals surface area (Å²) < 4.78 is 0. The maximum Gasteiger partial charge on any atom is 0.105 e. The van der Waals surface area contributed by atoms with Crippen LogP contribution in [0.25, 0.3) is 0 Å². The van der Waals surface area contributed by atoms with Crippen molar-refractivity contribution in [2.45, 2.75) is 33.1 Å². The van der Waals surface area contributed by atoms with Crippen molar-refractivity contribution in [3.05, 3.63) is 36.3 Å². The molecule has 0 aliphatic heterocycles. The average molecular weight is 221 g/mol. The lowest BCUT2D eigenvalue weighted by Crippen LogP contribution is -2.19. The molecule has 0 amide bonds. The van der Waals surface area contributed by atoms with E-state index in [4.69, 9.17) is 5.73 Å². The lowest BCUT2D eigenvalue weighted by Gasteiger charge is -2.07. The molecule has 0 aromatic carbocycles. The second-order valence-corrected chi connectivity index (χ2v) is 3.52. The number of allylic oxidation sites excluding steroid dienone is 3. The molecule has 0 bridgehead atoms. The van der Waals surface area contributed by atoms with Crippen LogP contribution < -0.4 is 11.1 Å². The molecule has 0 fully saturated rings. The summed E-state index contributed by atoms with van der Waals surface area (Å²) in [6.45, 7) is 7.68. The standard InChI is InChI=1S/C13H23N3/c1-5-7-8-9-10-12(13(14)15-4)11(3)16-6-2/h6,9-10,15H,2,5,7-8,14H2,1,3-4H3/b10-9-,13-12?,16-11-. The highest BCUT2D eigenvalue weighted by atomic mass is 15.0. The van der Waals surface area contributed by atoms with Crippen LogP contribution in [0.2, 0.25) is 0 Å². The van der Waals surface area contributed by atoms with Crippen LogP contribution in [0, 0.1) is 0 Å². The minimum absolute atomic E-state index is 0.635. The molecule has 16 heavy (non-hydrogen) atoms. The van der Waals surface area contributed by atoms with E-state index in [9.17, 15) is 0 Å². The van der Waals surface area contributed by atoms with E-state index in [1.54, 1.807) is 7.05 Å². The Balaban J connectivity index is 4.77. The molecule has 0 aliphatic carbocycles. The smallest absolute Gasteiger partial charge is 0.105 e. The monoisotopic (exact) mass is 221 g/mol. The summed E-state index contributed by atoms with van der Waals surface area (Å²) in [5.74, 6) is 0.635. The zero-order chi connectivity index (χ0) is 12.4. The number of unbranched alkanes of at least 4 members (excludes halogenated alkanes) is 2. The molecule has 0 aromatic heterocycles. The fraction of sp³-hybridized carbons (Fsp3) is 0.462. The third kappa shape index (κ3) is 5.39. The Morgan fingerprint density at radius 2 is 2.19 bits per heavy atom. The van der Waals surface area contributed by atoms with Gasteiger partial charge in [0.2, 0.25) is 0 Å². The van der Waals surface area contributed by atoms with E-state index in [0.717, 1.165) is 17.7 Å². The topological polar surface area (TPSA) is 50.4 Å². The normalized spacial score (nSPS) is 13.8. The van der Waals surface area contributed by atoms with Gasteiger partial charge in [0.1, 0.15) is 5.82 Å². The van der Waals surface area contributed by atoms with Crippen LogP contribution in [0.1, 0.15) is 33.1 Å². The third-order valence-electron chi connectivity index (χ3n) is 2.24. The van der Waals surface area contributed by atoms with Crippen molar-refractivity contribution in [3.8, 4) is 0 Å². The Bertz CT molecular complexity index is 298. The molecule has 3 heteroatoms. The van der Waals surface area contributed by atoms with Gasteiger partial charge in [0, 0.05) is 24.5 Å². The average Bonchev–Trinajstić information content (AvgIpc) is 2.28. The largest absolute Gasteiger partial charge is 0.385 e. The van der Waals surface area contributed by atoms with Gasteiger partial charge in [-0.3, -0.25) is 4.99 Å². The fourth-order valence-corrected chi connectivity index (χ4v) is 1.27. The molecular weight excluding hydrogens is 198 g/mol. The van der Waals surface area contributed by atoms with Crippen molar-refractivity contribution < 1.29 is 0 Å². The minimum Gasteiger partial charge on any atom is -0.385 e. The molecule has 0 saturated heterocycles. The van der Waals surface area contributed by atoms with E-state index < -0.39 is 0 Å². The molecule has 0 heterocycles. The second-order valence-electron chi connectivity index (χ2n) is 3.52. The molecule has 3 nitrogen and oxygen atoms in total. The summed E-state index contributed by atoms with van der Waals surface area (Å²) in [5.41, 5.74) is 7.66. The van der Waals surface area contributed by atoms with E-state index in [-0.39, 0.29) is 0 Å². The summed E-state index contributed by atoms with van der Waals surface area (Å²) >= 11 is 0. The maximum absolute atomic E-state index is 5.87. The summed E-state index contributed by atoms with van der Waals surface area (Å²) in [5, 5.41) is 2.94. The van der Waals surface area contributed by atoms with Gasteiger partial charge < -0.3 is 11.1 Å². The van der Waals surface area contributed by atoms with Crippen LogP contribution >= 0.6 is 0 Å². The molecule has 0 aliphatic rings. The predicted octanol–water partition coefficient (Wildman–Crippen LogP) is 2.73. The SMILES string of the molecule is C=C/N=C(/C)C(/C=C\CCCC)=C(N)NC. The number of rotatable bonds is 7. The highest BCUT2D eigenvalue weighted by Crippen LogP contribution is 2.06. The van der Waals surface area contributed by atoms with Crippen LogP contribution in [-0.2, 0) is 0 Å². The predicted molar refractivity (Wildman–Crippen MR) is 72.2 cm³/mol. The first-order valence-electron chi connectivity index (χ1n) is 5.67. The number of nitrogens with one attached hydrogen (secondary N) is 1. The van der Waals surface area contributed by atoms with Crippen LogP contribution in [0.15, 0.2) is 41.3 Å². The van der Waals surface area contributed by atoms with Gasteiger partial charge in [-0.15, -0.1) is 0 Å². The highest BCUT2D eigenvalue weighted by molar-refractivity contribution is 6.01. The Morgan fingerprint density at radius 3 is 2.69 bits per heavy atom. The molecule has 0 radical (unpaired) electrons. The molecule has 3 N–H and O–H groups in total. The number of nitrogens with zero attached hydrogens (tertiary/aromatic N) is 1. The van der Waals surface area contributed by atoms with Crippen LogP contribution in [0.4, 0.5) is 0 Å². The lowest BCUT2D eigenvalue weighted by atomic mass is 10.1. The van der Waals surface area contributed by atoms with Crippen molar-refractivity contribution in [1.82, 2.24) is 5.32 Å². The van der Waals surface area contributed by atoms with Gasteiger partial charge in [-0.25, -0.2) is 0 Å². The van der Waals surface area contributed by atoms with Crippen molar-refractivity contribution in [2.75, 3.05) is 7.05 Å². The van der Waals surface area contributed by atoms with E-state index in [0.29, 0.717) is 5.82 Å².